The Morgan fingerprint density at radius 3 is 2.67 bits per heavy atom. The van der Waals surface area contributed by atoms with Gasteiger partial charge in [0.15, 0.2) is 0 Å². The Kier molecular flexibility index (Phi) is 6.09. The highest BCUT2D eigenvalue weighted by Crippen LogP contribution is 2.22. The van der Waals surface area contributed by atoms with Crippen LogP contribution in [0.15, 0.2) is 48.5 Å². The van der Waals surface area contributed by atoms with Crippen molar-refractivity contribution in [3.8, 4) is 5.75 Å². The first-order valence-electron chi connectivity index (χ1n) is 15.9. The number of aryl methyl sites for hydroxylation is 1. The van der Waals surface area contributed by atoms with Crippen molar-refractivity contribution in [1.82, 2.24) is 5.32 Å². The van der Waals surface area contributed by atoms with E-state index in [2.05, 4.69) is 0 Å². The topological polar surface area (TPSA) is 82.0 Å². The van der Waals surface area contributed by atoms with Gasteiger partial charge < -0.3 is 25.4 Å². The van der Waals surface area contributed by atoms with Gasteiger partial charge in [0.2, 0.25) is 0 Å². The summed E-state index contributed by atoms with van der Waals surface area (Å²) in [7, 11) is 0. The van der Waals surface area contributed by atoms with E-state index in [0.29, 0.717) is 25.7 Å². The molecule has 0 saturated carbocycles. The fraction of sp³-hybridized carbons (Fsp3) is 0.520. The fourth-order valence-corrected chi connectivity index (χ4v) is 2.55. The molecule has 0 heterocycles. The molecule has 0 radical (unpaired) electrons. The molecule has 2 aromatic rings. The smallest absolute Gasteiger partial charge is 0.121 e. The Balaban J connectivity index is 1.95. The maximum absolute atomic E-state index is 10.8. The second kappa shape index (κ2) is 15.0. The maximum Gasteiger partial charge on any atom is 0.121 e. The van der Waals surface area contributed by atoms with E-state index in [-0.39, 0.29) is 25.9 Å². The quantitative estimate of drug-likeness (QED) is 0.303. The zero-order valence-corrected chi connectivity index (χ0v) is 16.8. The maximum atomic E-state index is 10.8. The van der Waals surface area contributed by atoms with Crippen LogP contribution in [-0.2, 0) is 17.7 Å². The summed E-state index contributed by atoms with van der Waals surface area (Å²) in [5.41, 5.74) is -1.39. The average Bonchev–Trinajstić information content (AvgIpc) is 2.83. The number of phenols is 1. The number of aliphatic hydroxyl groups is 2. The van der Waals surface area contributed by atoms with E-state index in [0.717, 1.165) is 5.56 Å². The zero-order valence-electron chi connectivity index (χ0n) is 28.8. The van der Waals surface area contributed by atoms with Crippen LogP contribution in [0.4, 0.5) is 0 Å². The Hall–Kier alpha value is -1.92. The Morgan fingerprint density at radius 1 is 1.07 bits per heavy atom. The molecule has 2 aromatic carbocycles. The van der Waals surface area contributed by atoms with Crippen molar-refractivity contribution in [1.29, 1.82) is 0 Å². The lowest BCUT2D eigenvalue weighted by atomic mass is 10.1. The molecule has 0 amide bonds. The van der Waals surface area contributed by atoms with Crippen LogP contribution in [0.3, 0.4) is 0 Å². The number of hydrogen-bond donors (Lipinski definition) is 4. The molecule has 5 nitrogen and oxygen atoms in total. The van der Waals surface area contributed by atoms with E-state index in [1.807, 2.05) is 35.6 Å². The highest BCUT2D eigenvalue weighted by Gasteiger charge is 2.09. The number of hydrogen-bond acceptors (Lipinski definition) is 5. The lowest BCUT2D eigenvalue weighted by molar-refractivity contribution is 0.126. The first-order chi connectivity index (χ1) is 19.1. The third-order valence-electron chi connectivity index (χ3n) is 4.15. The van der Waals surface area contributed by atoms with Crippen LogP contribution < -0.4 is 5.32 Å². The largest absolute Gasteiger partial charge is 0.508 e. The van der Waals surface area contributed by atoms with Gasteiger partial charge in [0.1, 0.15) is 5.75 Å². The van der Waals surface area contributed by atoms with Gasteiger partial charge in [-0.2, -0.15) is 0 Å². The van der Waals surface area contributed by atoms with E-state index in [9.17, 15) is 15.3 Å². The van der Waals surface area contributed by atoms with Gasteiger partial charge in [0.25, 0.3) is 0 Å². The van der Waals surface area contributed by atoms with Crippen LogP contribution in [0.2, 0.25) is 0 Å². The normalized spacial score (nSPS) is 21.0. The van der Waals surface area contributed by atoms with Gasteiger partial charge >= 0.3 is 0 Å². The molecule has 0 spiro atoms. The molecule has 1 unspecified atom stereocenters. The fourth-order valence-electron chi connectivity index (χ4n) is 2.55. The first kappa shape index (κ1) is 12.2. The monoisotopic (exact) mass is 427 g/mol. The highest BCUT2D eigenvalue weighted by atomic mass is 16.5. The summed E-state index contributed by atoms with van der Waals surface area (Å²) >= 11 is 0. The van der Waals surface area contributed by atoms with Crippen molar-refractivity contribution < 1.29 is 36.5 Å². The molecular formula is C25H37NO4. The van der Waals surface area contributed by atoms with Crippen LogP contribution in [0.25, 0.3) is 0 Å². The lowest BCUT2D eigenvalue weighted by Crippen LogP contribution is -2.22. The summed E-state index contributed by atoms with van der Waals surface area (Å²) < 4.78 is 101. The first-order valence-corrected chi connectivity index (χ1v) is 9.88. The molecule has 0 aliphatic rings. The number of benzene rings is 2. The highest BCUT2D eigenvalue weighted by molar-refractivity contribution is 5.36. The number of aromatic hydroxyl groups is 1. The molecule has 2 rings (SSSR count). The van der Waals surface area contributed by atoms with Crippen LogP contribution >= 0.6 is 0 Å². The van der Waals surface area contributed by atoms with Gasteiger partial charge in [-0.1, -0.05) is 49.2 Å². The van der Waals surface area contributed by atoms with Gasteiger partial charge in [0, 0.05) is 30.7 Å². The molecule has 0 fully saturated rings. The molecule has 0 aliphatic carbocycles. The SMILES string of the molecule is [2H]c1c([2H])c(C([2H])(O)C([2H])([2H])NC([2H])([2H])CCCCCOC([2H])([2H])CCCc2ccccc2)c([2H])c(C([2H])([2H])O)c1O. The molecule has 5 heteroatoms. The molecule has 0 bridgehead atoms. The second-order valence-electron chi connectivity index (χ2n) is 6.50. The summed E-state index contributed by atoms with van der Waals surface area (Å²) in [4.78, 5) is 0. The van der Waals surface area contributed by atoms with Crippen molar-refractivity contribution in [2.24, 2.45) is 0 Å². The molecule has 166 valence electrons. The van der Waals surface area contributed by atoms with E-state index in [4.69, 9.17) is 21.2 Å². The lowest BCUT2D eigenvalue weighted by Gasteiger charge is -2.14. The number of ether oxygens (including phenoxy) is 1. The average molecular weight is 428 g/mol. The predicted molar refractivity (Wildman–Crippen MR) is 121 cm³/mol. The Bertz CT molecular complexity index is 1190. The van der Waals surface area contributed by atoms with Crippen molar-refractivity contribution in [3.05, 3.63) is 65.1 Å². The van der Waals surface area contributed by atoms with Crippen LogP contribution in [-0.4, -0.2) is 41.5 Å². The van der Waals surface area contributed by atoms with Crippen molar-refractivity contribution >= 4 is 0 Å². The third-order valence-corrected chi connectivity index (χ3v) is 4.15. The minimum Gasteiger partial charge on any atom is -0.508 e. The van der Waals surface area contributed by atoms with Crippen LogP contribution in [0.1, 0.15) is 77.7 Å². The molecular weight excluding hydrogens is 378 g/mol. The molecule has 30 heavy (non-hydrogen) atoms. The summed E-state index contributed by atoms with van der Waals surface area (Å²) in [5.74, 6) is -1.29. The minimum atomic E-state index is -3.63. The molecule has 0 aliphatic heterocycles. The molecule has 0 aromatic heterocycles. The van der Waals surface area contributed by atoms with Crippen LogP contribution in [0, 0.1) is 0 Å². The molecule has 0 saturated heterocycles. The summed E-state index contributed by atoms with van der Waals surface area (Å²) in [6.07, 6.45) is -1.46. The van der Waals surface area contributed by atoms with E-state index < -0.39 is 67.2 Å². The number of nitrogens with one attached hydrogen (secondary N) is 1. The van der Waals surface area contributed by atoms with Crippen LogP contribution in [0.5, 0.6) is 5.75 Å². The Morgan fingerprint density at radius 2 is 1.87 bits per heavy atom. The molecule has 4 N–H and O–H groups in total. The van der Waals surface area contributed by atoms with E-state index >= 15 is 0 Å². The Labute approximate surface area is 197 Å². The van der Waals surface area contributed by atoms with Gasteiger partial charge in [-0.25, -0.2) is 0 Å². The summed E-state index contributed by atoms with van der Waals surface area (Å²) in [6, 6.07) is 6.05. The van der Waals surface area contributed by atoms with Crippen molar-refractivity contribution in [2.75, 3.05) is 26.2 Å². The number of unbranched alkanes of at least 4 members (excludes halogenated alkanes) is 2. The van der Waals surface area contributed by atoms with Crippen molar-refractivity contribution in [2.45, 2.75) is 57.6 Å². The number of rotatable bonds is 16. The zero-order chi connectivity index (χ0) is 32.1. The third kappa shape index (κ3) is 9.72. The molecule has 1 atom stereocenters. The van der Waals surface area contributed by atoms with Gasteiger partial charge in [0.05, 0.1) is 23.6 Å². The summed E-state index contributed by atoms with van der Waals surface area (Å²) in [6.45, 7) is -11.1. The standard InChI is InChI=1S/C25H37NO4/c27-20-23-18-22(13-14-24(23)28)25(29)19-26-15-7-1-2-8-16-30-17-9-6-12-21-10-4-3-5-11-21/h3-5,10-11,13-14,18,25-29H,1-2,6-9,12,15-17,19-20H2/i13D,14D,15D2,17D2,18D,19D2,20D2,25D. The van der Waals surface area contributed by atoms with Gasteiger partial charge in [-0.15, -0.1) is 0 Å². The van der Waals surface area contributed by atoms with Gasteiger partial charge in [-0.05, 0) is 61.8 Å². The van der Waals surface area contributed by atoms with Gasteiger partial charge in [-0.3, -0.25) is 0 Å². The second-order valence-corrected chi connectivity index (χ2v) is 6.50. The van der Waals surface area contributed by atoms with E-state index in [1.54, 1.807) is 0 Å². The predicted octanol–water partition coefficient (Wildman–Crippen LogP) is 4.11. The van der Waals surface area contributed by atoms with Crippen molar-refractivity contribution in [3.63, 3.8) is 0 Å². The minimum absolute atomic E-state index is 0.0810. The summed E-state index contributed by atoms with van der Waals surface area (Å²) in [5, 5.41) is 32.3. The van der Waals surface area contributed by atoms with E-state index in [1.165, 1.54) is 0 Å².